The molecule has 130 valence electrons. The van der Waals surface area contributed by atoms with Gasteiger partial charge in [-0.25, -0.2) is 4.98 Å². The van der Waals surface area contributed by atoms with Gasteiger partial charge in [0.05, 0.1) is 24.4 Å². The summed E-state index contributed by atoms with van der Waals surface area (Å²) in [6, 6.07) is 12.6. The molecule has 6 nitrogen and oxygen atoms in total. The number of hydrogen-bond acceptors (Lipinski definition) is 5. The van der Waals surface area contributed by atoms with Crippen molar-refractivity contribution in [3.8, 4) is 0 Å². The summed E-state index contributed by atoms with van der Waals surface area (Å²) >= 11 is 0. The highest BCUT2D eigenvalue weighted by Crippen LogP contribution is 2.21. The molecule has 3 heterocycles. The van der Waals surface area contributed by atoms with Crippen LogP contribution in [0.25, 0.3) is 10.9 Å². The van der Waals surface area contributed by atoms with E-state index in [0.29, 0.717) is 0 Å². The van der Waals surface area contributed by atoms with E-state index in [1.165, 1.54) is 10.9 Å². The van der Waals surface area contributed by atoms with E-state index >= 15 is 0 Å². The maximum atomic E-state index is 5.39. The van der Waals surface area contributed by atoms with Crippen molar-refractivity contribution in [1.29, 1.82) is 0 Å². The second kappa shape index (κ2) is 7.21. The Morgan fingerprint density at radius 1 is 1.20 bits per heavy atom. The lowest BCUT2D eigenvalue weighted by Crippen LogP contribution is -2.36. The molecule has 1 fully saturated rings. The lowest BCUT2D eigenvalue weighted by molar-refractivity contribution is 0.122. The van der Waals surface area contributed by atoms with Crippen molar-refractivity contribution in [2.75, 3.05) is 31.2 Å². The van der Waals surface area contributed by atoms with Gasteiger partial charge in [-0.15, -0.1) is 0 Å². The molecule has 0 saturated carbocycles. The van der Waals surface area contributed by atoms with Crippen LogP contribution in [0.4, 0.5) is 5.82 Å². The third-order valence-electron chi connectivity index (χ3n) is 4.68. The molecule has 4 rings (SSSR count). The molecule has 1 unspecified atom stereocenters. The highest BCUT2D eigenvalue weighted by molar-refractivity contribution is 5.81. The Kier molecular flexibility index (Phi) is 4.63. The van der Waals surface area contributed by atoms with E-state index in [1.807, 2.05) is 24.4 Å². The summed E-state index contributed by atoms with van der Waals surface area (Å²) in [7, 11) is 0. The van der Waals surface area contributed by atoms with Gasteiger partial charge in [0.1, 0.15) is 5.82 Å². The summed E-state index contributed by atoms with van der Waals surface area (Å²) in [5.74, 6) is 1.03. The Labute approximate surface area is 147 Å². The molecule has 6 heteroatoms. The Hall–Kier alpha value is -2.44. The van der Waals surface area contributed by atoms with Crippen LogP contribution in [0.15, 0.2) is 42.6 Å². The fourth-order valence-electron chi connectivity index (χ4n) is 3.18. The van der Waals surface area contributed by atoms with Crippen molar-refractivity contribution >= 4 is 16.7 Å². The maximum Gasteiger partial charge on any atom is 0.128 e. The second-order valence-electron chi connectivity index (χ2n) is 6.38. The van der Waals surface area contributed by atoms with Gasteiger partial charge in [-0.3, -0.25) is 5.10 Å². The second-order valence-corrected chi connectivity index (χ2v) is 6.38. The molecule has 0 aliphatic carbocycles. The molecule has 0 radical (unpaired) electrons. The van der Waals surface area contributed by atoms with Crippen molar-refractivity contribution in [3.63, 3.8) is 0 Å². The van der Waals surface area contributed by atoms with E-state index in [9.17, 15) is 0 Å². The van der Waals surface area contributed by atoms with Gasteiger partial charge in [0.25, 0.3) is 0 Å². The molecular formula is C19H23N5O. The van der Waals surface area contributed by atoms with Crippen molar-refractivity contribution < 1.29 is 4.74 Å². The first-order valence-electron chi connectivity index (χ1n) is 8.75. The van der Waals surface area contributed by atoms with Crippen LogP contribution >= 0.6 is 0 Å². The van der Waals surface area contributed by atoms with Gasteiger partial charge < -0.3 is 15.0 Å². The van der Waals surface area contributed by atoms with Gasteiger partial charge in [0.15, 0.2) is 0 Å². The molecule has 0 bridgehead atoms. The third-order valence-corrected chi connectivity index (χ3v) is 4.68. The molecule has 1 aliphatic heterocycles. The van der Waals surface area contributed by atoms with Crippen LogP contribution in [0.3, 0.4) is 0 Å². The monoisotopic (exact) mass is 337 g/mol. The van der Waals surface area contributed by atoms with Gasteiger partial charge in [0, 0.05) is 37.3 Å². The lowest BCUT2D eigenvalue weighted by Gasteiger charge is -2.27. The first-order valence-corrected chi connectivity index (χ1v) is 8.75. The zero-order valence-corrected chi connectivity index (χ0v) is 14.4. The molecule has 25 heavy (non-hydrogen) atoms. The molecule has 2 aromatic heterocycles. The van der Waals surface area contributed by atoms with Crippen LogP contribution in [-0.4, -0.2) is 41.5 Å². The summed E-state index contributed by atoms with van der Waals surface area (Å²) in [4.78, 5) is 6.87. The highest BCUT2D eigenvalue weighted by Gasteiger charge is 2.13. The third kappa shape index (κ3) is 3.50. The Morgan fingerprint density at radius 3 is 2.84 bits per heavy atom. The minimum absolute atomic E-state index is 0.186. The topological polar surface area (TPSA) is 66.1 Å². The number of H-pyrrole nitrogens is 1. The van der Waals surface area contributed by atoms with Crippen molar-refractivity contribution in [3.05, 3.63) is 53.9 Å². The van der Waals surface area contributed by atoms with E-state index < -0.39 is 0 Å². The van der Waals surface area contributed by atoms with Gasteiger partial charge in [-0.05, 0) is 24.6 Å². The van der Waals surface area contributed by atoms with Gasteiger partial charge in [0.2, 0.25) is 0 Å². The first-order chi connectivity index (χ1) is 12.3. The number of nitrogens with one attached hydrogen (secondary N) is 2. The molecular weight excluding hydrogens is 314 g/mol. The quantitative estimate of drug-likeness (QED) is 0.749. The predicted molar refractivity (Wildman–Crippen MR) is 98.6 cm³/mol. The van der Waals surface area contributed by atoms with Crippen LogP contribution in [0.1, 0.15) is 24.2 Å². The molecule has 0 spiro atoms. The van der Waals surface area contributed by atoms with Crippen molar-refractivity contribution in [1.82, 2.24) is 20.5 Å². The number of aromatic nitrogens is 3. The molecule has 2 N–H and O–H groups in total. The van der Waals surface area contributed by atoms with Gasteiger partial charge >= 0.3 is 0 Å². The number of morpholine rings is 1. The molecule has 3 aromatic rings. The van der Waals surface area contributed by atoms with Crippen molar-refractivity contribution in [2.24, 2.45) is 0 Å². The number of aromatic amines is 1. The molecule has 1 aromatic carbocycles. The first kappa shape index (κ1) is 16.1. The number of benzene rings is 1. The van der Waals surface area contributed by atoms with E-state index in [4.69, 9.17) is 4.74 Å². The van der Waals surface area contributed by atoms with Crippen LogP contribution in [0.5, 0.6) is 0 Å². The Morgan fingerprint density at radius 2 is 2.04 bits per heavy atom. The van der Waals surface area contributed by atoms with Crippen LogP contribution in [0.2, 0.25) is 0 Å². The van der Waals surface area contributed by atoms with Crippen LogP contribution < -0.4 is 10.2 Å². The zero-order valence-electron chi connectivity index (χ0n) is 14.4. The lowest BCUT2D eigenvalue weighted by atomic mass is 10.1. The Balaban J connectivity index is 1.39. The predicted octanol–water partition coefficient (Wildman–Crippen LogP) is 2.65. The molecule has 1 saturated heterocycles. The summed E-state index contributed by atoms with van der Waals surface area (Å²) < 4.78 is 5.39. The SMILES string of the molecule is CC(NCc1ccc(N2CCOCC2)nc1)c1[nH]nc2ccccc12. The van der Waals surface area contributed by atoms with E-state index in [0.717, 1.165) is 49.9 Å². The van der Waals surface area contributed by atoms with Crippen molar-refractivity contribution in [2.45, 2.75) is 19.5 Å². The maximum absolute atomic E-state index is 5.39. The summed E-state index contributed by atoms with van der Waals surface area (Å²) in [5.41, 5.74) is 3.30. The van der Waals surface area contributed by atoms with Crippen LogP contribution in [0, 0.1) is 0 Å². The fraction of sp³-hybridized carbons (Fsp3) is 0.368. The van der Waals surface area contributed by atoms with E-state index in [2.05, 4.69) is 50.5 Å². The van der Waals surface area contributed by atoms with Gasteiger partial charge in [-0.2, -0.15) is 5.10 Å². The highest BCUT2D eigenvalue weighted by atomic mass is 16.5. The average Bonchev–Trinajstić information content (AvgIpc) is 3.11. The molecule has 1 aliphatic rings. The number of ether oxygens (including phenoxy) is 1. The number of pyridine rings is 1. The van der Waals surface area contributed by atoms with Gasteiger partial charge in [-0.1, -0.05) is 24.3 Å². The molecule has 1 atom stereocenters. The largest absolute Gasteiger partial charge is 0.378 e. The number of anilines is 1. The van der Waals surface area contributed by atoms with E-state index in [1.54, 1.807) is 0 Å². The average molecular weight is 337 g/mol. The summed E-state index contributed by atoms with van der Waals surface area (Å²) in [6.45, 7) is 6.30. The van der Waals surface area contributed by atoms with E-state index in [-0.39, 0.29) is 6.04 Å². The number of fused-ring (bicyclic) bond motifs is 1. The Bertz CT molecular complexity index is 823. The smallest absolute Gasteiger partial charge is 0.128 e. The summed E-state index contributed by atoms with van der Waals surface area (Å²) in [5, 5.41) is 12.2. The molecule has 0 amide bonds. The number of hydrogen-bond donors (Lipinski definition) is 2. The van der Waals surface area contributed by atoms with Crippen LogP contribution in [-0.2, 0) is 11.3 Å². The number of rotatable bonds is 5. The normalized spacial score (nSPS) is 16.3. The standard InChI is InChI=1S/C19H23N5O/c1-14(19-16-4-2-3-5-17(16)22-23-19)20-12-15-6-7-18(21-13-15)24-8-10-25-11-9-24/h2-7,13-14,20H,8-12H2,1H3,(H,22,23). The minimum Gasteiger partial charge on any atom is -0.378 e. The minimum atomic E-state index is 0.186. The summed E-state index contributed by atoms with van der Waals surface area (Å²) in [6.07, 6.45) is 1.95. The zero-order chi connectivity index (χ0) is 17.1. The fourth-order valence-corrected chi connectivity index (χ4v) is 3.18. The number of nitrogens with zero attached hydrogens (tertiary/aromatic N) is 3. The number of para-hydroxylation sites is 1.